The van der Waals surface area contributed by atoms with Crippen LogP contribution in [0.3, 0.4) is 0 Å². The van der Waals surface area contributed by atoms with Gasteiger partial charge < -0.3 is 4.57 Å². The Labute approximate surface area is 134 Å². The van der Waals surface area contributed by atoms with E-state index in [9.17, 15) is 0 Å². The maximum absolute atomic E-state index is 4.63. The van der Waals surface area contributed by atoms with E-state index in [1.807, 2.05) is 17.1 Å². The smallest absolute Gasteiger partial charge is 0.211 e. The van der Waals surface area contributed by atoms with Gasteiger partial charge in [-0.15, -0.1) is 10.2 Å². The zero-order valence-corrected chi connectivity index (χ0v) is 14.1. The van der Waals surface area contributed by atoms with Crippen molar-refractivity contribution in [3.05, 3.63) is 41.3 Å². The zero-order valence-electron chi connectivity index (χ0n) is 13.2. The molecule has 6 heteroatoms. The third kappa shape index (κ3) is 2.33. The molecule has 0 aliphatic rings. The summed E-state index contributed by atoms with van der Waals surface area (Å²) in [6, 6.07) is 8.38. The van der Waals surface area contributed by atoms with Crippen LogP contribution >= 0.6 is 11.8 Å². The first-order chi connectivity index (χ1) is 10.7. The molecule has 114 valence electrons. The Morgan fingerprint density at radius 1 is 1.27 bits per heavy atom. The molecule has 0 saturated carbocycles. The topological polar surface area (TPSA) is 48.0 Å². The lowest BCUT2D eigenvalue weighted by molar-refractivity contribution is 0.723. The van der Waals surface area contributed by atoms with Crippen molar-refractivity contribution in [2.45, 2.75) is 25.4 Å². The van der Waals surface area contributed by atoms with Gasteiger partial charge in [-0.25, -0.2) is 0 Å². The van der Waals surface area contributed by atoms with Gasteiger partial charge in [0, 0.05) is 35.6 Å². The van der Waals surface area contributed by atoms with E-state index < -0.39 is 0 Å². The molecule has 0 fully saturated rings. The van der Waals surface area contributed by atoms with Crippen LogP contribution in [0, 0.1) is 6.92 Å². The molecule has 3 rings (SSSR count). The normalized spacial score (nSPS) is 11.8. The van der Waals surface area contributed by atoms with E-state index in [0.717, 1.165) is 23.0 Å². The highest BCUT2D eigenvalue weighted by molar-refractivity contribution is 7.98. The molecule has 0 unspecified atom stereocenters. The highest BCUT2D eigenvalue weighted by Crippen LogP contribution is 2.23. The summed E-state index contributed by atoms with van der Waals surface area (Å²) in [6.07, 6.45) is 4.71. The molecule has 0 spiro atoms. The highest BCUT2D eigenvalue weighted by atomic mass is 32.2. The number of fused-ring (bicyclic) bond motifs is 1. The fourth-order valence-electron chi connectivity index (χ4n) is 2.59. The van der Waals surface area contributed by atoms with Crippen molar-refractivity contribution >= 4 is 28.9 Å². The molecule has 2 aromatic heterocycles. The summed E-state index contributed by atoms with van der Waals surface area (Å²) in [4.78, 5) is 0. The second-order valence-electron chi connectivity index (χ2n) is 5.09. The quantitative estimate of drug-likeness (QED) is 0.549. The summed E-state index contributed by atoms with van der Waals surface area (Å²) in [5.41, 5.74) is 3.55. The van der Waals surface area contributed by atoms with E-state index in [2.05, 4.69) is 65.0 Å². The Kier molecular flexibility index (Phi) is 4.02. The lowest BCUT2D eigenvalue weighted by atomic mass is 10.1. The molecule has 2 heterocycles. The van der Waals surface area contributed by atoms with Crippen LogP contribution in [0.25, 0.3) is 10.9 Å². The molecule has 5 nitrogen and oxygen atoms in total. The van der Waals surface area contributed by atoms with E-state index >= 15 is 0 Å². The lowest BCUT2D eigenvalue weighted by Gasteiger charge is -2.01. The van der Waals surface area contributed by atoms with E-state index in [4.69, 9.17) is 0 Å². The second-order valence-corrected chi connectivity index (χ2v) is 5.86. The van der Waals surface area contributed by atoms with Gasteiger partial charge in [0.25, 0.3) is 0 Å². The summed E-state index contributed by atoms with van der Waals surface area (Å²) in [5, 5.41) is 15.0. The minimum atomic E-state index is 0.805. The number of aromatic nitrogens is 4. The van der Waals surface area contributed by atoms with Gasteiger partial charge in [0.15, 0.2) is 5.82 Å². The van der Waals surface area contributed by atoms with Crippen LogP contribution in [-0.4, -0.2) is 31.9 Å². The predicted octanol–water partition coefficient (Wildman–Crippen LogP) is 3.24. The van der Waals surface area contributed by atoms with Crippen molar-refractivity contribution in [3.63, 3.8) is 0 Å². The van der Waals surface area contributed by atoms with E-state index in [1.54, 1.807) is 11.8 Å². The molecular weight excluding hydrogens is 294 g/mol. The summed E-state index contributed by atoms with van der Waals surface area (Å²) < 4.78 is 4.02. The number of thioether (sulfide) groups is 1. The molecule has 22 heavy (non-hydrogen) atoms. The first kappa shape index (κ1) is 14.8. The number of rotatable bonds is 4. The number of hydrogen-bond donors (Lipinski definition) is 0. The van der Waals surface area contributed by atoms with E-state index in [-0.39, 0.29) is 0 Å². The molecule has 3 aromatic rings. The minimum Gasteiger partial charge on any atom is -0.347 e. The first-order valence-electron chi connectivity index (χ1n) is 7.24. The van der Waals surface area contributed by atoms with Crippen LogP contribution in [-0.2, 0) is 13.5 Å². The fraction of sp³-hybridized carbons (Fsp3) is 0.312. The fourth-order valence-corrected chi connectivity index (χ4v) is 3.04. The first-order valence-corrected chi connectivity index (χ1v) is 8.46. The van der Waals surface area contributed by atoms with Gasteiger partial charge in [-0.3, -0.25) is 0 Å². The molecule has 0 aliphatic carbocycles. The number of benzene rings is 1. The molecule has 0 aliphatic heterocycles. The Hall–Kier alpha value is -2.08. The third-order valence-corrected chi connectivity index (χ3v) is 4.55. The summed E-state index contributed by atoms with van der Waals surface area (Å²) in [7, 11) is 2.08. The van der Waals surface area contributed by atoms with Gasteiger partial charge in [-0.2, -0.15) is 9.78 Å². The predicted molar refractivity (Wildman–Crippen MR) is 91.8 cm³/mol. The van der Waals surface area contributed by atoms with E-state index in [0.29, 0.717) is 0 Å². The van der Waals surface area contributed by atoms with Crippen molar-refractivity contribution < 1.29 is 0 Å². The van der Waals surface area contributed by atoms with E-state index in [1.165, 1.54) is 16.6 Å². The van der Waals surface area contributed by atoms with Gasteiger partial charge in [-0.1, -0.05) is 36.9 Å². The Morgan fingerprint density at radius 2 is 2.05 bits per heavy atom. The maximum Gasteiger partial charge on any atom is 0.211 e. The number of para-hydroxylation sites is 1. The van der Waals surface area contributed by atoms with Crippen LogP contribution in [0.1, 0.15) is 24.0 Å². The van der Waals surface area contributed by atoms with Crippen molar-refractivity contribution in [1.29, 1.82) is 0 Å². The monoisotopic (exact) mass is 313 g/mol. The molecule has 1 aromatic carbocycles. The van der Waals surface area contributed by atoms with Gasteiger partial charge in [0.2, 0.25) is 5.16 Å². The van der Waals surface area contributed by atoms with Crippen LogP contribution in [0.15, 0.2) is 34.5 Å². The van der Waals surface area contributed by atoms with Gasteiger partial charge in [-0.05, 0) is 19.2 Å². The molecule has 0 amide bonds. The summed E-state index contributed by atoms with van der Waals surface area (Å²) >= 11 is 1.55. The Morgan fingerprint density at radius 3 is 2.77 bits per heavy atom. The van der Waals surface area contributed by atoms with Gasteiger partial charge in [0.1, 0.15) is 0 Å². The number of aryl methyl sites for hydroxylation is 2. The van der Waals surface area contributed by atoms with Crippen molar-refractivity contribution in [2.75, 3.05) is 6.26 Å². The Bertz CT molecular complexity index is 822. The largest absolute Gasteiger partial charge is 0.347 e. The summed E-state index contributed by atoms with van der Waals surface area (Å²) in [5.74, 6) is 0.874. The van der Waals surface area contributed by atoms with Crippen molar-refractivity contribution in [2.24, 2.45) is 12.1 Å². The standard InChI is InChI=1S/C16H19N5S/c1-5-15-18-19-16(22-4)21(15)17-10-13-11(2)20(3)14-9-7-6-8-12(13)14/h6-10H,5H2,1-4H3/b17-10-. The van der Waals surface area contributed by atoms with Crippen LogP contribution in [0.5, 0.6) is 0 Å². The SMILES string of the molecule is CCc1nnc(SC)n1/N=C\c1c(C)n(C)c2ccccc12. The Balaban J connectivity index is 2.11. The molecule has 0 bridgehead atoms. The molecule has 0 saturated heterocycles. The molecule has 0 N–H and O–H groups in total. The van der Waals surface area contributed by atoms with Gasteiger partial charge in [0.05, 0.1) is 6.21 Å². The van der Waals surface area contributed by atoms with Gasteiger partial charge >= 0.3 is 0 Å². The zero-order chi connectivity index (χ0) is 15.7. The second kappa shape index (κ2) is 5.96. The van der Waals surface area contributed by atoms with Crippen LogP contribution in [0.4, 0.5) is 0 Å². The van der Waals surface area contributed by atoms with Crippen LogP contribution in [0.2, 0.25) is 0 Å². The number of hydrogen-bond acceptors (Lipinski definition) is 4. The number of nitrogens with zero attached hydrogens (tertiary/aromatic N) is 5. The lowest BCUT2D eigenvalue weighted by Crippen LogP contribution is -1.99. The summed E-state index contributed by atoms with van der Waals surface area (Å²) in [6.45, 7) is 4.17. The molecular formula is C16H19N5S. The highest BCUT2D eigenvalue weighted by Gasteiger charge is 2.11. The minimum absolute atomic E-state index is 0.805. The van der Waals surface area contributed by atoms with Crippen LogP contribution < -0.4 is 0 Å². The van der Waals surface area contributed by atoms with Crippen molar-refractivity contribution in [1.82, 2.24) is 19.4 Å². The average molecular weight is 313 g/mol. The van der Waals surface area contributed by atoms with Crippen molar-refractivity contribution in [3.8, 4) is 0 Å². The maximum atomic E-state index is 4.63. The average Bonchev–Trinajstić information content (AvgIpc) is 3.06. The third-order valence-electron chi connectivity index (χ3n) is 3.93. The molecule has 0 atom stereocenters. The molecule has 0 radical (unpaired) electrons.